The number of ether oxygens (including phenoxy) is 2. The molecule has 1 fully saturated rings. The molecule has 3 aromatic rings. The summed E-state index contributed by atoms with van der Waals surface area (Å²) in [5.41, 5.74) is 1.76. The zero-order valence-electron chi connectivity index (χ0n) is 16.8. The van der Waals surface area contributed by atoms with Crippen LogP contribution in [0.1, 0.15) is 28.8 Å². The molecule has 150 valence electrons. The fourth-order valence-electron chi connectivity index (χ4n) is 3.80. The van der Waals surface area contributed by atoms with Gasteiger partial charge in [0.1, 0.15) is 0 Å². The van der Waals surface area contributed by atoms with Crippen LogP contribution in [0.2, 0.25) is 0 Å². The largest absolute Gasteiger partial charge is 0.493 e. The Morgan fingerprint density at radius 1 is 0.966 bits per heavy atom. The van der Waals surface area contributed by atoms with Crippen molar-refractivity contribution in [1.82, 2.24) is 4.90 Å². The normalized spacial score (nSPS) is 14.3. The second kappa shape index (κ2) is 8.29. The van der Waals surface area contributed by atoms with Crippen LogP contribution in [-0.2, 0) is 23.3 Å². The summed E-state index contributed by atoms with van der Waals surface area (Å²) in [5, 5.41) is 2.05. The zero-order chi connectivity index (χ0) is 20.3. The fraction of sp³-hybridized carbons (Fsp3) is 0.292. The van der Waals surface area contributed by atoms with Gasteiger partial charge in [0, 0.05) is 11.4 Å². The molecule has 0 atom stereocenters. The molecular formula is C24H25NO3S. The Morgan fingerprint density at radius 3 is 2.34 bits per heavy atom. The van der Waals surface area contributed by atoms with Gasteiger partial charge in [-0.15, -0.1) is 11.3 Å². The molecular weight excluding hydrogens is 382 g/mol. The molecule has 0 N–H and O–H groups in total. The Morgan fingerprint density at radius 2 is 1.72 bits per heavy atom. The second-order valence-electron chi connectivity index (χ2n) is 7.38. The maximum Gasteiger partial charge on any atom is 0.233 e. The lowest BCUT2D eigenvalue weighted by atomic mass is 9.94. The molecule has 1 aromatic heterocycles. The first-order valence-corrected chi connectivity index (χ1v) is 10.6. The third-order valence-electron chi connectivity index (χ3n) is 5.52. The number of amides is 1. The van der Waals surface area contributed by atoms with E-state index in [1.165, 1.54) is 4.88 Å². The van der Waals surface area contributed by atoms with Crippen LogP contribution < -0.4 is 9.47 Å². The lowest BCUT2D eigenvalue weighted by Crippen LogP contribution is -2.38. The van der Waals surface area contributed by atoms with Gasteiger partial charge >= 0.3 is 0 Å². The first-order valence-electron chi connectivity index (χ1n) is 9.74. The van der Waals surface area contributed by atoms with Crippen LogP contribution >= 0.6 is 11.3 Å². The summed E-state index contributed by atoms with van der Waals surface area (Å²) in [6.45, 7) is 1.14. The van der Waals surface area contributed by atoms with E-state index in [4.69, 9.17) is 9.47 Å². The number of nitrogens with zero attached hydrogens (tertiary/aromatic N) is 1. The third-order valence-corrected chi connectivity index (χ3v) is 6.38. The van der Waals surface area contributed by atoms with Crippen molar-refractivity contribution >= 4 is 17.2 Å². The van der Waals surface area contributed by atoms with Crippen LogP contribution in [0.25, 0.3) is 0 Å². The fourth-order valence-corrected chi connectivity index (χ4v) is 4.52. The van der Waals surface area contributed by atoms with Gasteiger partial charge in [-0.1, -0.05) is 42.5 Å². The maximum absolute atomic E-state index is 13.7. The van der Waals surface area contributed by atoms with Gasteiger partial charge in [0.05, 0.1) is 26.2 Å². The van der Waals surface area contributed by atoms with Gasteiger partial charge in [-0.2, -0.15) is 0 Å². The molecule has 1 aliphatic rings. The first-order chi connectivity index (χ1) is 14.2. The third kappa shape index (κ3) is 4.01. The summed E-state index contributed by atoms with van der Waals surface area (Å²) in [4.78, 5) is 16.9. The SMILES string of the molecule is COc1ccc(CN(Cc2cccs2)C(=O)C2(c3ccccc3)CC2)cc1OC. The standard InChI is InChI=1S/C24H25NO3S/c1-27-21-11-10-18(15-22(21)28-2)16-25(17-20-9-6-14-29-20)23(26)24(12-13-24)19-7-4-3-5-8-19/h3-11,14-15H,12-13,16-17H2,1-2H3. The first kappa shape index (κ1) is 19.5. The van der Waals surface area contributed by atoms with E-state index in [1.54, 1.807) is 25.6 Å². The smallest absolute Gasteiger partial charge is 0.233 e. The van der Waals surface area contributed by atoms with Crippen LogP contribution in [0.15, 0.2) is 66.0 Å². The highest BCUT2D eigenvalue weighted by atomic mass is 32.1. The predicted octanol–water partition coefficient (Wildman–Crippen LogP) is 5.03. The van der Waals surface area contributed by atoms with E-state index in [1.807, 2.05) is 47.4 Å². The summed E-state index contributed by atoms with van der Waals surface area (Å²) in [5.74, 6) is 1.57. The van der Waals surface area contributed by atoms with Crippen molar-refractivity contribution in [2.45, 2.75) is 31.3 Å². The summed E-state index contributed by atoms with van der Waals surface area (Å²) in [6.07, 6.45) is 1.81. The number of thiophene rings is 1. The minimum Gasteiger partial charge on any atom is -0.493 e. The average Bonchev–Trinajstić information content (AvgIpc) is 3.42. The van der Waals surface area contributed by atoms with Crippen molar-refractivity contribution in [1.29, 1.82) is 0 Å². The van der Waals surface area contributed by atoms with Crippen molar-refractivity contribution in [3.8, 4) is 11.5 Å². The summed E-state index contributed by atoms with van der Waals surface area (Å²) in [7, 11) is 3.26. The highest BCUT2D eigenvalue weighted by Crippen LogP contribution is 2.50. The Hall–Kier alpha value is -2.79. The molecule has 0 unspecified atom stereocenters. The van der Waals surface area contributed by atoms with E-state index in [2.05, 4.69) is 23.6 Å². The van der Waals surface area contributed by atoms with E-state index in [-0.39, 0.29) is 11.3 Å². The highest BCUT2D eigenvalue weighted by molar-refractivity contribution is 7.09. The molecule has 0 bridgehead atoms. The van der Waals surface area contributed by atoms with E-state index in [9.17, 15) is 4.79 Å². The monoisotopic (exact) mass is 407 g/mol. The average molecular weight is 408 g/mol. The minimum absolute atomic E-state index is 0.201. The van der Waals surface area contributed by atoms with Crippen molar-refractivity contribution in [3.63, 3.8) is 0 Å². The van der Waals surface area contributed by atoms with Gasteiger partial charge in [0.15, 0.2) is 11.5 Å². The number of rotatable bonds is 8. The molecule has 4 nitrogen and oxygen atoms in total. The predicted molar refractivity (Wildman–Crippen MR) is 115 cm³/mol. The van der Waals surface area contributed by atoms with Crippen LogP contribution in [0.5, 0.6) is 11.5 Å². The summed E-state index contributed by atoms with van der Waals surface area (Å²) in [6, 6.07) is 20.1. The molecule has 1 aliphatic carbocycles. The number of hydrogen-bond acceptors (Lipinski definition) is 4. The van der Waals surface area contributed by atoms with Gasteiger partial charge in [-0.3, -0.25) is 4.79 Å². The van der Waals surface area contributed by atoms with E-state index in [0.717, 1.165) is 24.0 Å². The molecule has 2 aromatic carbocycles. The molecule has 4 rings (SSSR count). The Kier molecular flexibility index (Phi) is 5.58. The number of benzene rings is 2. The van der Waals surface area contributed by atoms with Gasteiger partial charge in [0.25, 0.3) is 0 Å². The lowest BCUT2D eigenvalue weighted by molar-refractivity contribution is -0.135. The molecule has 5 heteroatoms. The Balaban J connectivity index is 1.63. The number of methoxy groups -OCH3 is 2. The zero-order valence-corrected chi connectivity index (χ0v) is 17.6. The number of carbonyl (C=O) groups is 1. The summed E-state index contributed by atoms with van der Waals surface area (Å²) < 4.78 is 10.8. The van der Waals surface area contributed by atoms with Crippen molar-refractivity contribution < 1.29 is 14.3 Å². The number of carbonyl (C=O) groups excluding carboxylic acids is 1. The Labute approximate surface area is 175 Å². The van der Waals surface area contributed by atoms with Gasteiger partial charge in [0.2, 0.25) is 5.91 Å². The Bertz CT molecular complexity index is 965. The molecule has 29 heavy (non-hydrogen) atoms. The van der Waals surface area contributed by atoms with Crippen molar-refractivity contribution in [3.05, 3.63) is 82.0 Å². The molecule has 0 aliphatic heterocycles. The molecule has 0 spiro atoms. The topological polar surface area (TPSA) is 38.8 Å². The van der Waals surface area contributed by atoms with E-state index >= 15 is 0 Å². The van der Waals surface area contributed by atoms with Gasteiger partial charge in [-0.25, -0.2) is 0 Å². The van der Waals surface area contributed by atoms with Crippen LogP contribution in [0.4, 0.5) is 0 Å². The van der Waals surface area contributed by atoms with Crippen LogP contribution in [-0.4, -0.2) is 25.0 Å². The molecule has 1 heterocycles. The maximum atomic E-state index is 13.7. The molecule has 0 saturated heterocycles. The van der Waals surface area contributed by atoms with Crippen LogP contribution in [0, 0.1) is 0 Å². The molecule has 1 amide bonds. The minimum atomic E-state index is -0.380. The second-order valence-corrected chi connectivity index (χ2v) is 8.41. The van der Waals surface area contributed by atoms with Crippen molar-refractivity contribution in [2.24, 2.45) is 0 Å². The van der Waals surface area contributed by atoms with E-state index < -0.39 is 0 Å². The van der Waals surface area contributed by atoms with E-state index in [0.29, 0.717) is 24.6 Å². The molecule has 1 saturated carbocycles. The van der Waals surface area contributed by atoms with Gasteiger partial charge < -0.3 is 14.4 Å². The van der Waals surface area contributed by atoms with Crippen molar-refractivity contribution in [2.75, 3.05) is 14.2 Å². The van der Waals surface area contributed by atoms with Crippen LogP contribution in [0.3, 0.4) is 0 Å². The molecule has 0 radical (unpaired) electrons. The highest BCUT2D eigenvalue weighted by Gasteiger charge is 2.52. The quantitative estimate of drug-likeness (QED) is 0.526. The van der Waals surface area contributed by atoms with Gasteiger partial charge in [-0.05, 0) is 47.5 Å². The lowest BCUT2D eigenvalue weighted by Gasteiger charge is -2.28. The summed E-state index contributed by atoms with van der Waals surface area (Å²) >= 11 is 1.68. The number of hydrogen-bond donors (Lipinski definition) is 0.